The van der Waals surface area contributed by atoms with Crippen LogP contribution in [0.2, 0.25) is 0 Å². The summed E-state index contributed by atoms with van der Waals surface area (Å²) >= 11 is 0. The Balaban J connectivity index is 0.00000320. The largest absolute Gasteiger partial charge is 1.00 e. The van der Waals surface area contributed by atoms with E-state index >= 15 is 0 Å². The molecule has 0 amide bonds. The quantitative estimate of drug-likeness (QED) is 0.357. The molecular formula is C19H15N4NaO5S. The zero-order valence-corrected chi connectivity index (χ0v) is 18.9. The molecule has 3 aromatic carbocycles. The first-order valence-electron chi connectivity index (χ1n) is 8.25. The molecule has 2 N–H and O–H groups in total. The van der Waals surface area contributed by atoms with Crippen LogP contribution in [0.5, 0.6) is 11.5 Å². The Kier molecular flexibility index (Phi) is 7.82. The molecule has 0 radical (unpaired) electrons. The number of phenols is 1. The molecule has 0 heterocycles. The molecule has 0 aliphatic rings. The minimum absolute atomic E-state index is 0. The van der Waals surface area contributed by atoms with Gasteiger partial charge in [-0.25, -0.2) is 0 Å². The maximum Gasteiger partial charge on any atom is 1.00 e. The summed E-state index contributed by atoms with van der Waals surface area (Å²) in [6, 6.07) is 14.5. The van der Waals surface area contributed by atoms with Crippen molar-refractivity contribution < 1.29 is 52.7 Å². The Morgan fingerprint density at radius 1 is 0.800 bits per heavy atom. The number of phenolic OH excluding ortho intramolecular Hbond substituents is 1. The van der Waals surface area contributed by atoms with Gasteiger partial charge in [-0.3, -0.25) is 4.55 Å². The van der Waals surface area contributed by atoms with E-state index in [1.165, 1.54) is 24.3 Å². The summed E-state index contributed by atoms with van der Waals surface area (Å²) in [4.78, 5) is -0.284. The van der Waals surface area contributed by atoms with E-state index in [-0.39, 0.29) is 51.5 Å². The van der Waals surface area contributed by atoms with Gasteiger partial charge in [-0.05, 0) is 49.4 Å². The molecule has 0 saturated heterocycles. The van der Waals surface area contributed by atoms with Crippen LogP contribution in [-0.4, -0.2) is 18.1 Å². The van der Waals surface area contributed by atoms with Crippen LogP contribution in [0, 0.1) is 6.92 Å². The van der Waals surface area contributed by atoms with Gasteiger partial charge < -0.3 is 10.2 Å². The van der Waals surface area contributed by atoms with Crippen molar-refractivity contribution in [3.63, 3.8) is 0 Å². The number of nitrogens with zero attached hydrogens (tertiary/aromatic N) is 4. The average Bonchev–Trinajstić information content (AvgIpc) is 2.68. The van der Waals surface area contributed by atoms with Gasteiger partial charge in [0.05, 0.1) is 16.3 Å². The van der Waals surface area contributed by atoms with Crippen molar-refractivity contribution in [2.24, 2.45) is 20.5 Å². The van der Waals surface area contributed by atoms with Crippen molar-refractivity contribution >= 4 is 32.9 Å². The first-order chi connectivity index (χ1) is 13.7. The summed E-state index contributed by atoms with van der Waals surface area (Å²) in [5.41, 5.74) is 1.54. The SMILES string of the molecule is Cc1ccc(N=Nc2c([O-])ccc(N=Nc3ccc(S(=O)(=O)O)cc3)c2O)cc1.[Na+]. The standard InChI is InChI=1S/C19H16N4O5S.Na/c1-12-2-4-13(5-3-12)21-23-18-17(24)11-10-16(19(18)25)22-20-14-6-8-15(9-7-14)29(26,27)28;/h2-11,24-25H,1H3,(H,26,27,28);/q;+1/p-1. The van der Waals surface area contributed by atoms with E-state index in [1.54, 1.807) is 12.1 Å². The van der Waals surface area contributed by atoms with Crippen molar-refractivity contribution in [2.75, 3.05) is 0 Å². The first-order valence-corrected chi connectivity index (χ1v) is 9.69. The zero-order valence-electron chi connectivity index (χ0n) is 16.1. The molecule has 3 rings (SSSR count). The van der Waals surface area contributed by atoms with Crippen molar-refractivity contribution in [3.05, 3.63) is 66.2 Å². The fourth-order valence-electron chi connectivity index (χ4n) is 2.24. The fraction of sp³-hybridized carbons (Fsp3) is 0.0526. The average molecular weight is 434 g/mol. The van der Waals surface area contributed by atoms with Crippen molar-refractivity contribution in [2.45, 2.75) is 11.8 Å². The van der Waals surface area contributed by atoms with Gasteiger partial charge in [0.1, 0.15) is 11.4 Å². The number of aromatic hydroxyl groups is 1. The van der Waals surface area contributed by atoms with Crippen molar-refractivity contribution in [1.82, 2.24) is 0 Å². The second-order valence-corrected chi connectivity index (χ2v) is 7.41. The minimum Gasteiger partial charge on any atom is -0.871 e. The Morgan fingerprint density at radius 2 is 1.33 bits per heavy atom. The number of hydrogen-bond acceptors (Lipinski definition) is 8. The smallest absolute Gasteiger partial charge is 0.871 e. The second kappa shape index (κ2) is 9.92. The Labute approximate surface area is 194 Å². The van der Waals surface area contributed by atoms with Gasteiger partial charge in [0.2, 0.25) is 0 Å². The number of azo groups is 2. The third-order valence-corrected chi connectivity index (χ3v) is 4.67. The van der Waals surface area contributed by atoms with E-state index in [9.17, 15) is 18.6 Å². The van der Waals surface area contributed by atoms with Crippen LogP contribution in [-0.2, 0) is 10.1 Å². The van der Waals surface area contributed by atoms with Crippen LogP contribution in [0.25, 0.3) is 0 Å². The summed E-state index contributed by atoms with van der Waals surface area (Å²) in [6.07, 6.45) is 0. The molecule has 0 atom stereocenters. The molecule has 0 spiro atoms. The summed E-state index contributed by atoms with van der Waals surface area (Å²) in [7, 11) is -4.31. The van der Waals surface area contributed by atoms with Gasteiger partial charge in [-0.2, -0.15) is 18.6 Å². The molecule has 3 aromatic rings. The van der Waals surface area contributed by atoms with Gasteiger partial charge in [-0.15, -0.1) is 10.2 Å². The Bertz CT molecular complexity index is 1190. The molecule has 9 nitrogen and oxygen atoms in total. The molecule has 30 heavy (non-hydrogen) atoms. The predicted molar refractivity (Wildman–Crippen MR) is 103 cm³/mol. The maximum atomic E-state index is 12.0. The normalized spacial score (nSPS) is 11.7. The molecule has 148 valence electrons. The van der Waals surface area contributed by atoms with Crippen LogP contribution in [0.15, 0.2) is 86.0 Å². The van der Waals surface area contributed by atoms with Gasteiger partial charge in [-0.1, -0.05) is 29.5 Å². The molecule has 0 aromatic heterocycles. The molecule has 0 fully saturated rings. The summed E-state index contributed by atoms with van der Waals surface area (Å²) in [5, 5.41) is 37.8. The predicted octanol–water partition coefficient (Wildman–Crippen LogP) is 1.86. The third kappa shape index (κ3) is 5.94. The molecule has 0 bridgehead atoms. The van der Waals surface area contributed by atoms with Gasteiger partial charge in [0.15, 0.2) is 5.75 Å². The Hall–Kier alpha value is -2.63. The number of hydrogen-bond donors (Lipinski definition) is 2. The number of aryl methyl sites for hydroxylation is 1. The summed E-state index contributed by atoms with van der Waals surface area (Å²) in [5.74, 6) is -1.01. The third-order valence-electron chi connectivity index (χ3n) is 3.80. The maximum absolute atomic E-state index is 12.0. The molecule has 0 aliphatic carbocycles. The van der Waals surface area contributed by atoms with Crippen LogP contribution in [0.4, 0.5) is 22.7 Å². The molecule has 0 unspecified atom stereocenters. The Morgan fingerprint density at radius 3 is 1.90 bits per heavy atom. The summed E-state index contributed by atoms with van der Waals surface area (Å²) in [6.45, 7) is 1.92. The van der Waals surface area contributed by atoms with Crippen LogP contribution in [0.1, 0.15) is 5.56 Å². The van der Waals surface area contributed by atoms with Gasteiger partial charge in [0, 0.05) is 0 Å². The van der Waals surface area contributed by atoms with E-state index in [1.807, 2.05) is 19.1 Å². The van der Waals surface area contributed by atoms with Crippen LogP contribution in [0.3, 0.4) is 0 Å². The number of rotatable bonds is 5. The first kappa shape index (κ1) is 23.6. The molecule has 0 saturated carbocycles. The van der Waals surface area contributed by atoms with Gasteiger partial charge >= 0.3 is 29.6 Å². The molecule has 11 heteroatoms. The molecular weight excluding hydrogens is 419 g/mol. The topological polar surface area (TPSA) is 147 Å². The second-order valence-electron chi connectivity index (χ2n) is 5.98. The minimum atomic E-state index is -4.31. The van der Waals surface area contributed by atoms with Crippen LogP contribution < -0.4 is 34.7 Å². The monoisotopic (exact) mass is 434 g/mol. The van der Waals surface area contributed by atoms with E-state index in [4.69, 9.17) is 4.55 Å². The summed E-state index contributed by atoms with van der Waals surface area (Å²) < 4.78 is 31.0. The fourth-order valence-corrected chi connectivity index (χ4v) is 2.72. The number of benzene rings is 3. The van der Waals surface area contributed by atoms with E-state index in [0.29, 0.717) is 5.69 Å². The van der Waals surface area contributed by atoms with E-state index < -0.39 is 21.6 Å². The zero-order chi connectivity index (χ0) is 21.0. The van der Waals surface area contributed by atoms with Crippen molar-refractivity contribution in [3.8, 4) is 11.5 Å². The molecule has 0 aliphatic heterocycles. The van der Waals surface area contributed by atoms with Gasteiger partial charge in [0.25, 0.3) is 10.1 Å². The van der Waals surface area contributed by atoms with Crippen molar-refractivity contribution in [1.29, 1.82) is 0 Å². The van der Waals surface area contributed by atoms with E-state index in [2.05, 4.69) is 20.5 Å². The van der Waals surface area contributed by atoms with Crippen LogP contribution >= 0.6 is 0 Å². The van der Waals surface area contributed by atoms with E-state index in [0.717, 1.165) is 17.7 Å².